The fourth-order valence-corrected chi connectivity index (χ4v) is 2.50. The Labute approximate surface area is 106 Å². The van der Waals surface area contributed by atoms with Gasteiger partial charge >= 0.3 is 0 Å². The van der Waals surface area contributed by atoms with E-state index < -0.39 is 0 Å². The van der Waals surface area contributed by atoms with Crippen LogP contribution < -0.4 is 5.73 Å². The van der Waals surface area contributed by atoms with Gasteiger partial charge in [-0.2, -0.15) is 0 Å². The maximum atomic E-state index is 12.3. The van der Waals surface area contributed by atoms with E-state index in [4.69, 9.17) is 5.73 Å². The average Bonchev–Trinajstić information content (AvgIpc) is 2.46. The second-order valence-corrected chi connectivity index (χ2v) is 6.18. The fourth-order valence-electron chi connectivity index (χ4n) is 2.50. The summed E-state index contributed by atoms with van der Waals surface area (Å²) < 4.78 is 0. The molecule has 3 heteroatoms. The second-order valence-electron chi connectivity index (χ2n) is 6.18. The number of carbonyl (C=O) groups is 1. The van der Waals surface area contributed by atoms with Crippen molar-refractivity contribution in [2.24, 2.45) is 17.1 Å². The van der Waals surface area contributed by atoms with Crippen LogP contribution in [0.3, 0.4) is 0 Å². The first-order valence-corrected chi connectivity index (χ1v) is 6.95. The summed E-state index contributed by atoms with van der Waals surface area (Å²) in [5.41, 5.74) is 5.89. The number of hydrogen-bond donors (Lipinski definition) is 1. The van der Waals surface area contributed by atoms with Crippen LogP contribution in [-0.2, 0) is 4.79 Å². The molecule has 0 aromatic rings. The van der Waals surface area contributed by atoms with E-state index >= 15 is 0 Å². The Bertz CT molecular complexity index is 251. The number of hydrogen-bond acceptors (Lipinski definition) is 2. The molecule has 1 unspecified atom stereocenters. The van der Waals surface area contributed by atoms with Gasteiger partial charge in [-0.15, -0.1) is 0 Å². The zero-order valence-electron chi connectivity index (χ0n) is 11.7. The maximum Gasteiger partial charge on any atom is 0.225 e. The fraction of sp³-hybridized carbons (Fsp3) is 0.929. The van der Waals surface area contributed by atoms with Crippen molar-refractivity contribution in [2.75, 3.05) is 19.6 Å². The lowest BCUT2D eigenvalue weighted by Crippen LogP contribution is -2.36. The summed E-state index contributed by atoms with van der Waals surface area (Å²) in [6.07, 6.45) is 5.38. The molecule has 1 atom stereocenters. The van der Waals surface area contributed by atoms with Crippen molar-refractivity contribution in [3.63, 3.8) is 0 Å². The molecule has 1 rings (SSSR count). The molecule has 1 aliphatic rings. The van der Waals surface area contributed by atoms with Gasteiger partial charge in [0.2, 0.25) is 5.91 Å². The minimum absolute atomic E-state index is 0.139. The summed E-state index contributed by atoms with van der Waals surface area (Å²) in [5.74, 6) is 0.468. The van der Waals surface area contributed by atoms with Crippen molar-refractivity contribution in [2.45, 2.75) is 52.9 Å². The Morgan fingerprint density at radius 2 is 2.06 bits per heavy atom. The van der Waals surface area contributed by atoms with Crippen molar-refractivity contribution in [1.29, 1.82) is 0 Å². The van der Waals surface area contributed by atoms with Gasteiger partial charge in [0, 0.05) is 19.0 Å². The van der Waals surface area contributed by atoms with Crippen molar-refractivity contribution in [3.05, 3.63) is 0 Å². The molecule has 0 aliphatic carbocycles. The molecule has 1 amide bonds. The molecule has 1 heterocycles. The van der Waals surface area contributed by atoms with Gasteiger partial charge in [0.05, 0.1) is 0 Å². The van der Waals surface area contributed by atoms with E-state index in [0.717, 1.165) is 38.8 Å². The van der Waals surface area contributed by atoms with Crippen LogP contribution >= 0.6 is 0 Å². The van der Waals surface area contributed by atoms with Crippen molar-refractivity contribution in [3.8, 4) is 0 Å². The molecule has 0 aromatic heterocycles. The van der Waals surface area contributed by atoms with E-state index in [-0.39, 0.29) is 5.92 Å². The van der Waals surface area contributed by atoms with Crippen LogP contribution in [0.4, 0.5) is 0 Å². The Kier molecular flexibility index (Phi) is 5.44. The van der Waals surface area contributed by atoms with Crippen LogP contribution in [0.1, 0.15) is 52.9 Å². The molecule has 0 radical (unpaired) electrons. The molecule has 100 valence electrons. The van der Waals surface area contributed by atoms with Gasteiger partial charge in [-0.3, -0.25) is 4.79 Å². The summed E-state index contributed by atoms with van der Waals surface area (Å²) in [5, 5.41) is 0. The maximum absolute atomic E-state index is 12.3. The molecule has 17 heavy (non-hydrogen) atoms. The highest BCUT2D eigenvalue weighted by Gasteiger charge is 2.27. The molecule has 0 aromatic carbocycles. The van der Waals surface area contributed by atoms with Gasteiger partial charge in [0.25, 0.3) is 0 Å². The molecular formula is C14H28N2O. The third kappa shape index (κ3) is 4.66. The lowest BCUT2D eigenvalue weighted by molar-refractivity contribution is -0.135. The lowest BCUT2D eigenvalue weighted by Gasteiger charge is -2.25. The first-order chi connectivity index (χ1) is 7.96. The zero-order valence-corrected chi connectivity index (χ0v) is 11.7. The number of amides is 1. The van der Waals surface area contributed by atoms with Crippen LogP contribution in [0.2, 0.25) is 0 Å². The zero-order chi connectivity index (χ0) is 12.9. The number of nitrogens with zero attached hydrogens (tertiary/aromatic N) is 1. The van der Waals surface area contributed by atoms with Gasteiger partial charge < -0.3 is 10.6 Å². The second kappa shape index (κ2) is 6.39. The summed E-state index contributed by atoms with van der Waals surface area (Å²) in [4.78, 5) is 14.3. The summed E-state index contributed by atoms with van der Waals surface area (Å²) >= 11 is 0. The molecule has 0 spiro atoms. The van der Waals surface area contributed by atoms with E-state index in [1.165, 1.54) is 6.42 Å². The van der Waals surface area contributed by atoms with E-state index in [0.29, 0.717) is 17.9 Å². The molecular weight excluding hydrogens is 212 g/mol. The molecule has 0 bridgehead atoms. The summed E-state index contributed by atoms with van der Waals surface area (Å²) in [6.45, 7) is 9.20. The van der Waals surface area contributed by atoms with Gasteiger partial charge in [-0.1, -0.05) is 20.8 Å². The standard InChI is InChI=1S/C14H28N2O/c1-12(6-4-9-15)13(17)16-10-5-7-14(2,3)8-11-16/h12H,4-11,15H2,1-3H3. The van der Waals surface area contributed by atoms with Crippen LogP contribution in [-0.4, -0.2) is 30.4 Å². The minimum atomic E-state index is 0.139. The predicted molar refractivity (Wildman–Crippen MR) is 71.7 cm³/mol. The number of rotatable bonds is 4. The third-order valence-electron chi connectivity index (χ3n) is 3.91. The summed E-state index contributed by atoms with van der Waals surface area (Å²) in [7, 11) is 0. The largest absolute Gasteiger partial charge is 0.342 e. The van der Waals surface area contributed by atoms with Gasteiger partial charge in [0.15, 0.2) is 0 Å². The van der Waals surface area contributed by atoms with Crippen molar-refractivity contribution in [1.82, 2.24) is 4.90 Å². The number of likely N-dealkylation sites (tertiary alicyclic amines) is 1. The third-order valence-corrected chi connectivity index (χ3v) is 3.91. The lowest BCUT2D eigenvalue weighted by atomic mass is 9.85. The molecule has 1 saturated heterocycles. The van der Waals surface area contributed by atoms with Crippen LogP contribution in [0.15, 0.2) is 0 Å². The van der Waals surface area contributed by atoms with Crippen LogP contribution in [0, 0.1) is 11.3 Å². The van der Waals surface area contributed by atoms with E-state index in [1.807, 2.05) is 6.92 Å². The highest BCUT2D eigenvalue weighted by atomic mass is 16.2. The SMILES string of the molecule is CC(CCCN)C(=O)N1CCCC(C)(C)CC1. The first kappa shape index (κ1) is 14.5. The molecule has 1 fully saturated rings. The molecule has 2 N–H and O–H groups in total. The highest BCUT2D eigenvalue weighted by molar-refractivity contribution is 5.78. The van der Waals surface area contributed by atoms with Crippen molar-refractivity contribution >= 4 is 5.91 Å². The Hall–Kier alpha value is -0.570. The highest BCUT2D eigenvalue weighted by Crippen LogP contribution is 2.30. The van der Waals surface area contributed by atoms with E-state index in [2.05, 4.69) is 18.7 Å². The number of carbonyl (C=O) groups excluding carboxylic acids is 1. The Balaban J connectivity index is 2.46. The van der Waals surface area contributed by atoms with Gasteiger partial charge in [-0.05, 0) is 44.1 Å². The van der Waals surface area contributed by atoms with Crippen LogP contribution in [0.5, 0.6) is 0 Å². The minimum Gasteiger partial charge on any atom is -0.342 e. The average molecular weight is 240 g/mol. The predicted octanol–water partition coefficient (Wildman–Crippen LogP) is 2.40. The monoisotopic (exact) mass is 240 g/mol. The van der Waals surface area contributed by atoms with Crippen molar-refractivity contribution < 1.29 is 4.79 Å². The Morgan fingerprint density at radius 1 is 1.35 bits per heavy atom. The smallest absolute Gasteiger partial charge is 0.225 e. The van der Waals surface area contributed by atoms with Gasteiger partial charge in [0.1, 0.15) is 0 Å². The molecule has 3 nitrogen and oxygen atoms in total. The first-order valence-electron chi connectivity index (χ1n) is 6.95. The van der Waals surface area contributed by atoms with Gasteiger partial charge in [-0.25, -0.2) is 0 Å². The topological polar surface area (TPSA) is 46.3 Å². The normalized spacial score (nSPS) is 22.0. The molecule has 0 saturated carbocycles. The van der Waals surface area contributed by atoms with E-state index in [1.54, 1.807) is 0 Å². The van der Waals surface area contributed by atoms with E-state index in [9.17, 15) is 4.79 Å². The quantitative estimate of drug-likeness (QED) is 0.820. The Morgan fingerprint density at radius 3 is 2.71 bits per heavy atom. The number of nitrogens with two attached hydrogens (primary N) is 1. The summed E-state index contributed by atoms with van der Waals surface area (Å²) in [6, 6.07) is 0. The molecule has 1 aliphatic heterocycles. The van der Waals surface area contributed by atoms with Crippen LogP contribution in [0.25, 0.3) is 0 Å².